The molecule has 1 aliphatic carbocycles. The van der Waals surface area contributed by atoms with E-state index in [9.17, 15) is 14.4 Å². The standard InChI is InChI=1S/C14H16N2O4S/c1-8-2-3-9-10(7-21-11(9)6-8)14(20)16-15-12(17)4-5-13(18)19/h4-5,7-8H,2-3,6H2,1H3,(H,15,17)(H,16,20)(H,18,19)/b5-4+. The van der Waals surface area contributed by atoms with Crippen molar-refractivity contribution in [2.75, 3.05) is 0 Å². The van der Waals surface area contributed by atoms with Crippen LogP contribution in [0, 0.1) is 5.92 Å². The van der Waals surface area contributed by atoms with Gasteiger partial charge in [-0.2, -0.15) is 0 Å². The average molecular weight is 308 g/mol. The monoisotopic (exact) mass is 308 g/mol. The van der Waals surface area contributed by atoms with Crippen LogP contribution in [0.5, 0.6) is 0 Å². The Labute approximate surface area is 125 Å². The van der Waals surface area contributed by atoms with Crippen LogP contribution in [0.25, 0.3) is 0 Å². The van der Waals surface area contributed by atoms with Crippen LogP contribution in [0.1, 0.15) is 34.1 Å². The van der Waals surface area contributed by atoms with Gasteiger partial charge in [-0.3, -0.25) is 20.4 Å². The largest absolute Gasteiger partial charge is 0.478 e. The lowest BCUT2D eigenvalue weighted by Crippen LogP contribution is -2.41. The first-order valence-electron chi connectivity index (χ1n) is 6.58. The van der Waals surface area contributed by atoms with Gasteiger partial charge in [-0.15, -0.1) is 11.3 Å². The number of hydrogen-bond acceptors (Lipinski definition) is 4. The molecule has 0 saturated heterocycles. The number of carboxylic acid groups (broad SMARTS) is 1. The van der Waals surface area contributed by atoms with E-state index in [1.807, 2.05) is 0 Å². The molecule has 21 heavy (non-hydrogen) atoms. The highest BCUT2D eigenvalue weighted by Gasteiger charge is 2.23. The van der Waals surface area contributed by atoms with E-state index in [0.29, 0.717) is 17.6 Å². The fourth-order valence-corrected chi connectivity index (χ4v) is 3.49. The Morgan fingerprint density at radius 3 is 2.81 bits per heavy atom. The third kappa shape index (κ3) is 3.91. The lowest BCUT2D eigenvalue weighted by Gasteiger charge is -2.18. The lowest BCUT2D eigenvalue weighted by molar-refractivity contribution is -0.131. The Bertz CT molecular complexity index is 606. The fraction of sp³-hybridized carbons (Fsp3) is 0.357. The Morgan fingerprint density at radius 2 is 2.10 bits per heavy atom. The molecule has 1 aromatic rings. The van der Waals surface area contributed by atoms with E-state index in [2.05, 4.69) is 17.8 Å². The van der Waals surface area contributed by atoms with Crippen LogP contribution in [-0.2, 0) is 22.4 Å². The van der Waals surface area contributed by atoms with E-state index in [1.165, 1.54) is 4.88 Å². The van der Waals surface area contributed by atoms with Gasteiger partial charge in [-0.25, -0.2) is 4.79 Å². The summed E-state index contributed by atoms with van der Waals surface area (Å²) in [5.41, 5.74) is 6.10. The number of amides is 2. The molecule has 1 heterocycles. The summed E-state index contributed by atoms with van der Waals surface area (Å²) in [5.74, 6) is -1.66. The van der Waals surface area contributed by atoms with Gasteiger partial charge in [0, 0.05) is 22.4 Å². The van der Waals surface area contributed by atoms with Gasteiger partial charge in [0.15, 0.2) is 0 Å². The van der Waals surface area contributed by atoms with Gasteiger partial charge in [0.1, 0.15) is 0 Å². The summed E-state index contributed by atoms with van der Waals surface area (Å²) in [6.07, 6.45) is 4.46. The van der Waals surface area contributed by atoms with E-state index < -0.39 is 11.9 Å². The number of carbonyl (C=O) groups excluding carboxylic acids is 2. The van der Waals surface area contributed by atoms with E-state index in [-0.39, 0.29) is 5.91 Å². The third-order valence-corrected chi connectivity index (χ3v) is 4.37. The molecular formula is C14H16N2O4S. The number of rotatable bonds is 3. The second-order valence-corrected chi connectivity index (χ2v) is 5.98. The summed E-state index contributed by atoms with van der Waals surface area (Å²) in [5, 5.41) is 10.2. The summed E-state index contributed by atoms with van der Waals surface area (Å²) in [7, 11) is 0. The summed E-state index contributed by atoms with van der Waals surface area (Å²) < 4.78 is 0. The molecule has 2 amide bonds. The van der Waals surface area contributed by atoms with Crippen LogP contribution >= 0.6 is 11.3 Å². The molecular weight excluding hydrogens is 292 g/mol. The van der Waals surface area contributed by atoms with Gasteiger partial charge < -0.3 is 5.11 Å². The van der Waals surface area contributed by atoms with Crippen molar-refractivity contribution in [2.45, 2.75) is 26.2 Å². The molecule has 3 N–H and O–H groups in total. The molecule has 1 aromatic heterocycles. The van der Waals surface area contributed by atoms with Crippen LogP contribution in [0.15, 0.2) is 17.5 Å². The zero-order chi connectivity index (χ0) is 15.4. The first kappa shape index (κ1) is 15.2. The van der Waals surface area contributed by atoms with Gasteiger partial charge in [-0.1, -0.05) is 6.92 Å². The molecule has 0 spiro atoms. The van der Waals surface area contributed by atoms with E-state index >= 15 is 0 Å². The lowest BCUT2D eigenvalue weighted by atomic mass is 9.88. The number of aliphatic carboxylic acids is 1. The number of hydrazine groups is 1. The quantitative estimate of drug-likeness (QED) is 0.579. The maximum Gasteiger partial charge on any atom is 0.328 e. The highest BCUT2D eigenvalue weighted by molar-refractivity contribution is 7.10. The number of carbonyl (C=O) groups is 3. The van der Waals surface area contributed by atoms with Gasteiger partial charge in [0.05, 0.1) is 5.56 Å². The second kappa shape index (κ2) is 6.53. The smallest absolute Gasteiger partial charge is 0.328 e. The van der Waals surface area contributed by atoms with Crippen LogP contribution < -0.4 is 10.9 Å². The minimum Gasteiger partial charge on any atom is -0.478 e. The fourth-order valence-electron chi connectivity index (χ4n) is 2.24. The van der Waals surface area contributed by atoms with Crippen molar-refractivity contribution >= 4 is 29.1 Å². The topological polar surface area (TPSA) is 95.5 Å². The Morgan fingerprint density at radius 1 is 1.33 bits per heavy atom. The minimum atomic E-state index is -1.22. The molecule has 1 aliphatic rings. The van der Waals surface area contributed by atoms with Crippen molar-refractivity contribution in [3.05, 3.63) is 33.5 Å². The summed E-state index contributed by atoms with van der Waals surface area (Å²) in [6.45, 7) is 2.19. The molecule has 0 radical (unpaired) electrons. The molecule has 0 fully saturated rings. The summed E-state index contributed by atoms with van der Waals surface area (Å²) in [4.78, 5) is 34.8. The summed E-state index contributed by atoms with van der Waals surface area (Å²) in [6, 6.07) is 0. The van der Waals surface area contributed by atoms with E-state index in [1.54, 1.807) is 16.7 Å². The molecule has 0 aliphatic heterocycles. The zero-order valence-corrected chi connectivity index (χ0v) is 12.3. The molecule has 112 valence electrons. The van der Waals surface area contributed by atoms with Crippen molar-refractivity contribution in [3.63, 3.8) is 0 Å². The van der Waals surface area contributed by atoms with E-state index in [0.717, 1.165) is 30.9 Å². The zero-order valence-electron chi connectivity index (χ0n) is 11.5. The van der Waals surface area contributed by atoms with Gasteiger partial charge in [0.25, 0.3) is 11.8 Å². The molecule has 6 nitrogen and oxygen atoms in total. The van der Waals surface area contributed by atoms with Gasteiger partial charge in [-0.05, 0) is 30.7 Å². The number of carboxylic acids is 1. The number of fused-ring (bicyclic) bond motifs is 1. The molecule has 7 heteroatoms. The second-order valence-electron chi connectivity index (χ2n) is 5.01. The van der Waals surface area contributed by atoms with Crippen molar-refractivity contribution < 1.29 is 19.5 Å². The first-order valence-corrected chi connectivity index (χ1v) is 7.46. The number of thiophene rings is 1. The Hall–Kier alpha value is -2.15. The van der Waals surface area contributed by atoms with Crippen molar-refractivity contribution in [2.24, 2.45) is 5.92 Å². The molecule has 0 saturated carbocycles. The first-order chi connectivity index (χ1) is 9.97. The molecule has 1 atom stereocenters. The maximum atomic E-state index is 12.0. The maximum absolute atomic E-state index is 12.0. The van der Waals surface area contributed by atoms with E-state index in [4.69, 9.17) is 5.11 Å². The number of nitrogens with one attached hydrogen (secondary N) is 2. The van der Waals surface area contributed by atoms with Gasteiger partial charge >= 0.3 is 5.97 Å². The highest BCUT2D eigenvalue weighted by Crippen LogP contribution is 2.32. The predicted molar refractivity (Wildman–Crippen MR) is 77.9 cm³/mol. The van der Waals surface area contributed by atoms with Crippen molar-refractivity contribution in [1.29, 1.82) is 0 Å². The molecule has 0 bridgehead atoms. The average Bonchev–Trinajstić information content (AvgIpc) is 2.85. The SMILES string of the molecule is CC1CCc2c(C(=O)NNC(=O)/C=C/C(=O)O)csc2C1. The third-order valence-electron chi connectivity index (χ3n) is 3.32. The molecule has 1 unspecified atom stereocenters. The van der Waals surface area contributed by atoms with Gasteiger partial charge in [0.2, 0.25) is 0 Å². The van der Waals surface area contributed by atoms with Crippen molar-refractivity contribution in [3.8, 4) is 0 Å². The highest BCUT2D eigenvalue weighted by atomic mass is 32.1. The van der Waals surface area contributed by atoms with Crippen molar-refractivity contribution in [1.82, 2.24) is 10.9 Å². The molecule has 2 rings (SSSR count). The normalized spacial score (nSPS) is 17.3. The number of hydrogen-bond donors (Lipinski definition) is 3. The Kier molecular flexibility index (Phi) is 4.74. The summed E-state index contributed by atoms with van der Waals surface area (Å²) >= 11 is 1.57. The van der Waals surface area contributed by atoms with Crippen LogP contribution in [0.3, 0.4) is 0 Å². The molecule has 0 aromatic carbocycles. The minimum absolute atomic E-state index is 0.376. The predicted octanol–water partition coefficient (Wildman–Crippen LogP) is 1.27. The van der Waals surface area contributed by atoms with Crippen LogP contribution in [0.2, 0.25) is 0 Å². The van der Waals surface area contributed by atoms with Crippen LogP contribution in [-0.4, -0.2) is 22.9 Å². The van der Waals surface area contributed by atoms with Crippen LogP contribution in [0.4, 0.5) is 0 Å². The Balaban J connectivity index is 1.96.